The minimum atomic E-state index is -0.112. The number of amides is 1. The smallest absolute Gasteiger partial charge is 0.255 e. The van der Waals surface area contributed by atoms with Crippen molar-refractivity contribution in [2.75, 3.05) is 42.9 Å². The van der Waals surface area contributed by atoms with Crippen molar-refractivity contribution in [3.8, 4) is 5.69 Å². The molecule has 1 fully saturated rings. The highest BCUT2D eigenvalue weighted by atomic mass is 79.9. The molecule has 0 unspecified atom stereocenters. The molecule has 0 aliphatic carbocycles. The van der Waals surface area contributed by atoms with E-state index in [1.165, 1.54) is 5.69 Å². The number of aromatic nitrogens is 2. The fourth-order valence-corrected chi connectivity index (χ4v) is 4.38. The molecular weight excluding hydrogens is 466 g/mol. The maximum Gasteiger partial charge on any atom is 0.255 e. The molecule has 3 aromatic rings. The van der Waals surface area contributed by atoms with E-state index in [0.29, 0.717) is 5.56 Å². The molecule has 0 spiro atoms. The van der Waals surface area contributed by atoms with E-state index < -0.39 is 0 Å². The molecule has 0 bridgehead atoms. The number of benzene rings is 2. The number of halogens is 1. The van der Waals surface area contributed by atoms with Crippen molar-refractivity contribution in [1.82, 2.24) is 14.7 Å². The highest BCUT2D eigenvalue weighted by Crippen LogP contribution is 2.25. The van der Waals surface area contributed by atoms with E-state index in [1.807, 2.05) is 55.8 Å². The summed E-state index contributed by atoms with van der Waals surface area (Å²) in [5, 5.41) is 7.61. The van der Waals surface area contributed by atoms with E-state index in [2.05, 4.69) is 55.2 Å². The van der Waals surface area contributed by atoms with E-state index in [4.69, 9.17) is 0 Å². The van der Waals surface area contributed by atoms with Crippen molar-refractivity contribution in [2.24, 2.45) is 0 Å². The lowest BCUT2D eigenvalue weighted by atomic mass is 10.1. The zero-order chi connectivity index (χ0) is 22.8. The molecule has 6 nitrogen and oxygen atoms in total. The van der Waals surface area contributed by atoms with Gasteiger partial charge in [-0.25, -0.2) is 4.68 Å². The molecule has 1 saturated heterocycles. The Labute approximate surface area is 198 Å². The molecule has 1 amide bonds. The largest absolute Gasteiger partial charge is 0.369 e. The van der Waals surface area contributed by atoms with Crippen LogP contribution >= 0.6 is 15.9 Å². The van der Waals surface area contributed by atoms with Gasteiger partial charge in [0.25, 0.3) is 5.91 Å². The van der Waals surface area contributed by atoms with Gasteiger partial charge in [0.1, 0.15) is 0 Å². The lowest BCUT2D eigenvalue weighted by Gasteiger charge is -2.35. The van der Waals surface area contributed by atoms with Gasteiger partial charge in [-0.15, -0.1) is 0 Å². The second-order valence-corrected chi connectivity index (χ2v) is 9.11. The van der Waals surface area contributed by atoms with Crippen molar-refractivity contribution in [3.05, 3.63) is 69.5 Å². The number of nitrogens with one attached hydrogen (secondary N) is 1. The second-order valence-electron chi connectivity index (χ2n) is 8.32. The van der Waals surface area contributed by atoms with Crippen LogP contribution in [0, 0.1) is 20.8 Å². The first-order valence-corrected chi connectivity index (χ1v) is 11.9. The molecule has 2 heterocycles. The van der Waals surface area contributed by atoms with E-state index in [-0.39, 0.29) is 5.91 Å². The van der Waals surface area contributed by atoms with Crippen LogP contribution in [0.5, 0.6) is 0 Å². The third-order valence-corrected chi connectivity index (χ3v) is 7.37. The van der Waals surface area contributed by atoms with Gasteiger partial charge in [-0.2, -0.15) is 5.10 Å². The first-order chi connectivity index (χ1) is 15.4. The first-order valence-electron chi connectivity index (χ1n) is 11.1. The number of aryl methyl sites for hydroxylation is 2. The number of carbonyl (C=O) groups is 1. The summed E-state index contributed by atoms with van der Waals surface area (Å²) in [6.07, 6.45) is 0. The lowest BCUT2D eigenvalue weighted by Crippen LogP contribution is -2.46. The van der Waals surface area contributed by atoms with Crippen LogP contribution in [0.1, 0.15) is 34.2 Å². The topological polar surface area (TPSA) is 53.4 Å². The summed E-state index contributed by atoms with van der Waals surface area (Å²) in [6, 6.07) is 13.8. The molecule has 0 saturated carbocycles. The Hall–Kier alpha value is -2.64. The van der Waals surface area contributed by atoms with E-state index >= 15 is 0 Å². The van der Waals surface area contributed by atoms with Crippen molar-refractivity contribution in [2.45, 2.75) is 27.7 Å². The molecular formula is C25H30BrN5O. The SMILES string of the molecule is CCN1CCN(c2ccc(NC(=O)c3ccc(-n4nc(C)c(Br)c4C)cc3)c(C)c2)CC1. The minimum absolute atomic E-state index is 0.112. The summed E-state index contributed by atoms with van der Waals surface area (Å²) in [4.78, 5) is 17.7. The van der Waals surface area contributed by atoms with Crippen molar-refractivity contribution >= 4 is 33.2 Å². The van der Waals surface area contributed by atoms with Gasteiger partial charge in [0, 0.05) is 43.1 Å². The molecule has 4 rings (SSSR count). The number of piperazine rings is 1. The number of hydrogen-bond acceptors (Lipinski definition) is 4. The predicted octanol–water partition coefficient (Wildman–Crippen LogP) is 4.95. The molecule has 1 aliphatic heterocycles. The Morgan fingerprint density at radius 1 is 1.00 bits per heavy atom. The Kier molecular flexibility index (Phi) is 6.67. The summed E-state index contributed by atoms with van der Waals surface area (Å²) in [7, 11) is 0. The van der Waals surface area contributed by atoms with Gasteiger partial charge < -0.3 is 15.1 Å². The van der Waals surface area contributed by atoms with E-state index in [1.54, 1.807) is 0 Å². The summed E-state index contributed by atoms with van der Waals surface area (Å²) < 4.78 is 2.88. The van der Waals surface area contributed by atoms with Crippen LogP contribution in [0.25, 0.3) is 5.69 Å². The van der Waals surface area contributed by atoms with Gasteiger partial charge >= 0.3 is 0 Å². The zero-order valence-corrected chi connectivity index (χ0v) is 20.7. The molecule has 0 radical (unpaired) electrons. The van der Waals surface area contributed by atoms with Crippen LogP contribution in [0.2, 0.25) is 0 Å². The molecule has 1 N–H and O–H groups in total. The summed E-state index contributed by atoms with van der Waals surface area (Å²) in [6.45, 7) is 13.6. The highest BCUT2D eigenvalue weighted by Gasteiger charge is 2.17. The summed E-state index contributed by atoms with van der Waals surface area (Å²) in [5.41, 5.74) is 6.65. The van der Waals surface area contributed by atoms with Gasteiger partial charge in [-0.3, -0.25) is 4.79 Å². The third kappa shape index (κ3) is 4.59. The number of carbonyl (C=O) groups excluding carboxylic acids is 1. The average Bonchev–Trinajstić information content (AvgIpc) is 3.07. The molecule has 1 aromatic heterocycles. The molecule has 168 valence electrons. The normalized spacial score (nSPS) is 14.6. The van der Waals surface area contributed by atoms with Gasteiger partial charge in [-0.05, 0) is 91.3 Å². The van der Waals surface area contributed by atoms with Crippen LogP contribution in [0.4, 0.5) is 11.4 Å². The summed E-state index contributed by atoms with van der Waals surface area (Å²) >= 11 is 3.56. The monoisotopic (exact) mass is 495 g/mol. The highest BCUT2D eigenvalue weighted by molar-refractivity contribution is 9.10. The number of hydrogen-bond donors (Lipinski definition) is 1. The molecule has 1 aliphatic rings. The predicted molar refractivity (Wildman–Crippen MR) is 134 cm³/mol. The Morgan fingerprint density at radius 3 is 2.22 bits per heavy atom. The van der Waals surface area contributed by atoms with Gasteiger partial charge in [-0.1, -0.05) is 6.92 Å². The van der Waals surface area contributed by atoms with Crippen LogP contribution in [-0.4, -0.2) is 53.3 Å². The molecule has 32 heavy (non-hydrogen) atoms. The van der Waals surface area contributed by atoms with Crippen LogP contribution in [0.15, 0.2) is 46.9 Å². The fraction of sp³-hybridized carbons (Fsp3) is 0.360. The lowest BCUT2D eigenvalue weighted by molar-refractivity contribution is 0.102. The Morgan fingerprint density at radius 2 is 1.66 bits per heavy atom. The number of nitrogens with zero attached hydrogens (tertiary/aromatic N) is 4. The van der Waals surface area contributed by atoms with E-state index in [9.17, 15) is 4.79 Å². The van der Waals surface area contributed by atoms with Gasteiger partial charge in [0.15, 0.2) is 0 Å². The summed E-state index contributed by atoms with van der Waals surface area (Å²) in [5.74, 6) is -0.112. The molecule has 0 atom stereocenters. The standard InChI is InChI=1S/C25H30BrN5O/c1-5-29-12-14-30(15-13-29)22-10-11-23(17(2)16-22)27-25(32)20-6-8-21(9-7-20)31-19(4)24(26)18(3)28-31/h6-11,16H,5,12-15H2,1-4H3,(H,27,32). The van der Waals surface area contributed by atoms with Crippen molar-refractivity contribution in [1.29, 1.82) is 0 Å². The van der Waals surface area contributed by atoms with E-state index in [0.717, 1.165) is 65.5 Å². The maximum absolute atomic E-state index is 12.8. The molecule has 2 aromatic carbocycles. The quantitative estimate of drug-likeness (QED) is 0.543. The Bertz CT molecular complexity index is 1110. The molecule has 7 heteroatoms. The van der Waals surface area contributed by atoms with Crippen LogP contribution < -0.4 is 10.2 Å². The van der Waals surface area contributed by atoms with Crippen molar-refractivity contribution in [3.63, 3.8) is 0 Å². The Balaban J connectivity index is 1.44. The fourth-order valence-electron chi connectivity index (χ4n) is 4.13. The van der Waals surface area contributed by atoms with Crippen LogP contribution in [0.3, 0.4) is 0 Å². The van der Waals surface area contributed by atoms with Gasteiger partial charge in [0.2, 0.25) is 0 Å². The zero-order valence-electron chi connectivity index (χ0n) is 19.2. The number of likely N-dealkylation sites (N-methyl/N-ethyl adjacent to an activating group) is 1. The maximum atomic E-state index is 12.8. The van der Waals surface area contributed by atoms with Crippen LogP contribution in [-0.2, 0) is 0 Å². The number of anilines is 2. The minimum Gasteiger partial charge on any atom is -0.369 e. The van der Waals surface area contributed by atoms with Crippen molar-refractivity contribution < 1.29 is 4.79 Å². The first kappa shape index (κ1) is 22.6. The third-order valence-electron chi connectivity index (χ3n) is 6.22. The average molecular weight is 496 g/mol. The second kappa shape index (κ2) is 9.46. The van der Waals surface area contributed by atoms with Gasteiger partial charge in [0.05, 0.1) is 21.5 Å². The number of rotatable bonds is 5.